The van der Waals surface area contributed by atoms with Gasteiger partial charge >= 0.3 is 6.03 Å². The Morgan fingerprint density at radius 1 is 1.47 bits per heavy atom. The lowest BCUT2D eigenvalue weighted by atomic mass is 10.2. The minimum Gasteiger partial charge on any atom is -0.335 e. The molecule has 1 saturated carbocycles. The maximum Gasteiger partial charge on any atom is 0.319 e. The largest absolute Gasteiger partial charge is 0.335 e. The lowest BCUT2D eigenvalue weighted by Gasteiger charge is -2.08. The average Bonchev–Trinajstić information content (AvgIpc) is 2.94. The van der Waals surface area contributed by atoms with E-state index >= 15 is 0 Å². The Balaban J connectivity index is 1.99. The van der Waals surface area contributed by atoms with Crippen molar-refractivity contribution in [1.82, 2.24) is 5.32 Å². The molecule has 0 spiro atoms. The summed E-state index contributed by atoms with van der Waals surface area (Å²) >= 11 is 5.98. The third-order valence-corrected chi connectivity index (χ3v) is 2.60. The van der Waals surface area contributed by atoms with Crippen LogP contribution in [0.5, 0.6) is 0 Å². The zero-order valence-electron chi connectivity index (χ0n) is 8.51. The van der Waals surface area contributed by atoms with Gasteiger partial charge in [0.15, 0.2) is 0 Å². The van der Waals surface area contributed by atoms with Crippen molar-refractivity contribution >= 4 is 23.3 Å². The van der Waals surface area contributed by atoms with Crippen molar-refractivity contribution in [2.45, 2.75) is 25.8 Å². The summed E-state index contributed by atoms with van der Waals surface area (Å²) in [5.74, 6) is 0. The van der Waals surface area contributed by atoms with Crippen LogP contribution in [-0.4, -0.2) is 12.1 Å². The fourth-order valence-corrected chi connectivity index (χ4v) is 1.58. The number of urea groups is 1. The van der Waals surface area contributed by atoms with Gasteiger partial charge in [-0.25, -0.2) is 4.79 Å². The highest BCUT2D eigenvalue weighted by atomic mass is 35.5. The Labute approximate surface area is 93.8 Å². The number of halogens is 1. The number of rotatable bonds is 2. The van der Waals surface area contributed by atoms with E-state index in [-0.39, 0.29) is 6.03 Å². The molecule has 0 bridgehead atoms. The minimum absolute atomic E-state index is 0.178. The molecule has 1 aliphatic rings. The zero-order chi connectivity index (χ0) is 10.8. The molecule has 1 aromatic carbocycles. The standard InChI is InChI=1S/C11H13ClN2O/c1-7-2-5-10(9(12)6-7)14-11(15)13-8-3-4-8/h2,5-6,8H,3-4H2,1H3,(H2,13,14,15). The van der Waals surface area contributed by atoms with Crippen molar-refractivity contribution in [3.63, 3.8) is 0 Å². The third-order valence-electron chi connectivity index (χ3n) is 2.29. The predicted molar refractivity (Wildman–Crippen MR) is 61.4 cm³/mol. The second kappa shape index (κ2) is 4.11. The average molecular weight is 225 g/mol. The molecule has 0 unspecified atom stereocenters. The smallest absolute Gasteiger partial charge is 0.319 e. The van der Waals surface area contributed by atoms with Gasteiger partial charge in [-0.15, -0.1) is 0 Å². The van der Waals surface area contributed by atoms with Crippen LogP contribution in [-0.2, 0) is 0 Å². The zero-order valence-corrected chi connectivity index (χ0v) is 9.27. The lowest BCUT2D eigenvalue weighted by molar-refractivity contribution is 0.251. The Kier molecular flexibility index (Phi) is 2.82. The van der Waals surface area contributed by atoms with Crippen LogP contribution in [0, 0.1) is 6.92 Å². The molecule has 0 atom stereocenters. The number of carbonyl (C=O) groups is 1. The Morgan fingerprint density at radius 2 is 2.20 bits per heavy atom. The number of amides is 2. The molecule has 1 aromatic rings. The van der Waals surface area contributed by atoms with Crippen LogP contribution in [0.15, 0.2) is 18.2 Å². The fraction of sp³-hybridized carbons (Fsp3) is 0.364. The SMILES string of the molecule is Cc1ccc(NC(=O)NC2CC2)c(Cl)c1. The minimum atomic E-state index is -0.178. The molecule has 1 fully saturated rings. The molecular weight excluding hydrogens is 212 g/mol. The summed E-state index contributed by atoms with van der Waals surface area (Å²) in [4.78, 5) is 11.4. The number of anilines is 1. The van der Waals surface area contributed by atoms with Gasteiger partial charge in [-0.2, -0.15) is 0 Å². The summed E-state index contributed by atoms with van der Waals surface area (Å²) in [5.41, 5.74) is 1.73. The molecule has 2 amide bonds. The van der Waals surface area contributed by atoms with Gasteiger partial charge in [-0.1, -0.05) is 17.7 Å². The van der Waals surface area contributed by atoms with Crippen LogP contribution in [0.4, 0.5) is 10.5 Å². The van der Waals surface area contributed by atoms with E-state index < -0.39 is 0 Å². The van der Waals surface area contributed by atoms with Crippen LogP contribution in [0.3, 0.4) is 0 Å². The number of carbonyl (C=O) groups excluding carboxylic acids is 1. The van der Waals surface area contributed by atoms with E-state index in [0.29, 0.717) is 16.8 Å². The van der Waals surface area contributed by atoms with Crippen LogP contribution >= 0.6 is 11.6 Å². The van der Waals surface area contributed by atoms with E-state index in [9.17, 15) is 4.79 Å². The first-order chi connectivity index (χ1) is 7.15. The number of aryl methyl sites for hydroxylation is 1. The second-order valence-electron chi connectivity index (χ2n) is 3.86. The second-order valence-corrected chi connectivity index (χ2v) is 4.26. The van der Waals surface area contributed by atoms with Crippen molar-refractivity contribution in [3.05, 3.63) is 28.8 Å². The number of benzene rings is 1. The van der Waals surface area contributed by atoms with E-state index in [1.54, 1.807) is 0 Å². The molecule has 2 rings (SSSR count). The quantitative estimate of drug-likeness (QED) is 0.797. The summed E-state index contributed by atoms with van der Waals surface area (Å²) in [6.07, 6.45) is 2.16. The van der Waals surface area contributed by atoms with Gasteiger partial charge in [0.2, 0.25) is 0 Å². The fourth-order valence-electron chi connectivity index (χ4n) is 1.29. The normalized spacial score (nSPS) is 14.8. The molecule has 1 aliphatic carbocycles. The molecule has 15 heavy (non-hydrogen) atoms. The highest BCUT2D eigenvalue weighted by molar-refractivity contribution is 6.33. The molecule has 80 valence electrons. The van der Waals surface area contributed by atoms with Gasteiger partial charge in [0, 0.05) is 6.04 Å². The van der Waals surface area contributed by atoms with Gasteiger partial charge < -0.3 is 10.6 Å². The summed E-state index contributed by atoms with van der Waals surface area (Å²) in [6, 6.07) is 5.73. The summed E-state index contributed by atoms with van der Waals surface area (Å²) in [5, 5.41) is 6.13. The molecular formula is C11H13ClN2O. The first-order valence-electron chi connectivity index (χ1n) is 4.99. The van der Waals surface area contributed by atoms with Crippen molar-refractivity contribution in [3.8, 4) is 0 Å². The summed E-state index contributed by atoms with van der Waals surface area (Å²) in [7, 11) is 0. The lowest BCUT2D eigenvalue weighted by Crippen LogP contribution is -2.30. The third kappa shape index (κ3) is 2.86. The van der Waals surface area contributed by atoms with Crippen molar-refractivity contribution in [2.24, 2.45) is 0 Å². The van der Waals surface area contributed by atoms with Crippen LogP contribution < -0.4 is 10.6 Å². The van der Waals surface area contributed by atoms with Gasteiger partial charge in [0.25, 0.3) is 0 Å². The maximum absolute atomic E-state index is 11.4. The van der Waals surface area contributed by atoms with E-state index in [0.717, 1.165) is 18.4 Å². The Bertz CT molecular complexity index is 388. The molecule has 2 N–H and O–H groups in total. The topological polar surface area (TPSA) is 41.1 Å². The van der Waals surface area contributed by atoms with Gasteiger partial charge in [-0.05, 0) is 37.5 Å². The highest BCUT2D eigenvalue weighted by Crippen LogP contribution is 2.23. The first kappa shape index (κ1) is 10.3. The molecule has 0 saturated heterocycles. The van der Waals surface area contributed by atoms with Gasteiger partial charge in [0.05, 0.1) is 10.7 Å². The molecule has 0 aromatic heterocycles. The maximum atomic E-state index is 11.4. The highest BCUT2D eigenvalue weighted by Gasteiger charge is 2.23. The monoisotopic (exact) mass is 224 g/mol. The van der Waals surface area contributed by atoms with Gasteiger partial charge in [0.1, 0.15) is 0 Å². The summed E-state index contributed by atoms with van der Waals surface area (Å²) in [6.45, 7) is 1.96. The van der Waals surface area contributed by atoms with Crippen molar-refractivity contribution in [2.75, 3.05) is 5.32 Å². The summed E-state index contributed by atoms with van der Waals surface area (Å²) < 4.78 is 0. The van der Waals surface area contributed by atoms with Crippen LogP contribution in [0.25, 0.3) is 0 Å². The molecule has 0 radical (unpaired) electrons. The number of nitrogens with one attached hydrogen (secondary N) is 2. The molecule has 4 heteroatoms. The number of hydrogen-bond acceptors (Lipinski definition) is 1. The van der Waals surface area contributed by atoms with E-state index in [1.807, 2.05) is 25.1 Å². The van der Waals surface area contributed by atoms with Crippen molar-refractivity contribution < 1.29 is 4.79 Å². The molecule has 0 heterocycles. The van der Waals surface area contributed by atoms with Crippen molar-refractivity contribution in [1.29, 1.82) is 0 Å². The van der Waals surface area contributed by atoms with Crippen LogP contribution in [0.2, 0.25) is 5.02 Å². The molecule has 3 nitrogen and oxygen atoms in total. The molecule has 0 aliphatic heterocycles. The van der Waals surface area contributed by atoms with E-state index in [2.05, 4.69) is 10.6 Å². The van der Waals surface area contributed by atoms with Crippen LogP contribution in [0.1, 0.15) is 18.4 Å². The van der Waals surface area contributed by atoms with E-state index in [4.69, 9.17) is 11.6 Å². The van der Waals surface area contributed by atoms with E-state index in [1.165, 1.54) is 0 Å². The number of hydrogen-bond donors (Lipinski definition) is 2. The first-order valence-corrected chi connectivity index (χ1v) is 5.36. The predicted octanol–water partition coefficient (Wildman–Crippen LogP) is 2.93. The van der Waals surface area contributed by atoms with Gasteiger partial charge in [-0.3, -0.25) is 0 Å². The Hall–Kier alpha value is -1.22. The Morgan fingerprint density at radius 3 is 2.80 bits per heavy atom.